The minimum Gasteiger partial charge on any atom is -0.496 e. The smallest absolute Gasteiger partial charge is 0.255 e. The molecule has 6 nitrogen and oxygen atoms in total. The number of carbonyl (C=O) groups excluding carboxylic acids is 2. The van der Waals surface area contributed by atoms with Gasteiger partial charge in [-0.1, -0.05) is 30.7 Å². The van der Waals surface area contributed by atoms with Crippen LogP contribution in [0.1, 0.15) is 42.2 Å². The number of rotatable bonds is 7. The molecule has 0 aliphatic carbocycles. The number of nitrogens with zero attached hydrogens (tertiary/aromatic N) is 1. The first kappa shape index (κ1) is 21.5. The Kier molecular flexibility index (Phi) is 6.79. The van der Waals surface area contributed by atoms with Gasteiger partial charge in [-0.05, 0) is 42.8 Å². The summed E-state index contributed by atoms with van der Waals surface area (Å²) >= 11 is 6.43. The van der Waals surface area contributed by atoms with E-state index >= 15 is 0 Å². The van der Waals surface area contributed by atoms with E-state index in [2.05, 4.69) is 10.6 Å². The molecule has 1 atom stereocenters. The number of methoxy groups -OCH3 is 1. The Morgan fingerprint density at radius 3 is 2.40 bits per heavy atom. The highest BCUT2D eigenvalue weighted by Gasteiger charge is 2.19. The van der Waals surface area contributed by atoms with Gasteiger partial charge in [-0.2, -0.15) is 0 Å². The van der Waals surface area contributed by atoms with Crippen molar-refractivity contribution in [3.05, 3.63) is 77.1 Å². The van der Waals surface area contributed by atoms with Crippen molar-refractivity contribution >= 4 is 29.1 Å². The molecule has 0 radical (unpaired) electrons. The number of nitrogens with one attached hydrogen (secondary N) is 2. The molecule has 0 spiro atoms. The second kappa shape index (κ2) is 9.50. The number of anilines is 1. The summed E-state index contributed by atoms with van der Waals surface area (Å²) in [6, 6.07) is 14.3. The molecule has 0 aliphatic heterocycles. The van der Waals surface area contributed by atoms with Gasteiger partial charge in [-0.15, -0.1) is 0 Å². The minimum atomic E-state index is -0.288. The molecular weight excluding hydrogens is 402 g/mol. The average Bonchev–Trinajstić information content (AvgIpc) is 3.28. The normalized spacial score (nSPS) is 11.6. The van der Waals surface area contributed by atoms with E-state index in [4.69, 9.17) is 16.3 Å². The first-order valence-electron chi connectivity index (χ1n) is 9.64. The van der Waals surface area contributed by atoms with Gasteiger partial charge in [0.05, 0.1) is 29.4 Å². The zero-order valence-electron chi connectivity index (χ0n) is 17.1. The van der Waals surface area contributed by atoms with Crippen molar-refractivity contribution < 1.29 is 14.3 Å². The molecule has 1 unspecified atom stereocenters. The van der Waals surface area contributed by atoms with Gasteiger partial charge < -0.3 is 19.9 Å². The minimum absolute atomic E-state index is 0.0450. The molecule has 30 heavy (non-hydrogen) atoms. The Hall–Kier alpha value is -3.25. The zero-order valence-corrected chi connectivity index (χ0v) is 17.9. The van der Waals surface area contributed by atoms with E-state index in [-0.39, 0.29) is 17.9 Å². The first-order valence-corrected chi connectivity index (χ1v) is 10.0. The van der Waals surface area contributed by atoms with E-state index in [1.54, 1.807) is 19.1 Å². The number of halogens is 1. The SMILES string of the molecule is CCC(=O)Nc1ccc(C(C)NC(=O)c2cc(Cl)c(-n3cccc3)cc2OC)cc1. The summed E-state index contributed by atoms with van der Waals surface area (Å²) in [7, 11) is 1.52. The van der Waals surface area contributed by atoms with Crippen molar-refractivity contribution in [3.63, 3.8) is 0 Å². The summed E-state index contributed by atoms with van der Waals surface area (Å²) in [5.41, 5.74) is 2.72. The molecule has 0 fully saturated rings. The predicted octanol–water partition coefficient (Wildman–Crippen LogP) is 4.98. The van der Waals surface area contributed by atoms with E-state index < -0.39 is 0 Å². The van der Waals surface area contributed by atoms with Gasteiger partial charge >= 0.3 is 0 Å². The van der Waals surface area contributed by atoms with Crippen LogP contribution in [-0.4, -0.2) is 23.5 Å². The van der Waals surface area contributed by atoms with Gasteiger partial charge in [0.1, 0.15) is 5.75 Å². The molecule has 0 aliphatic rings. The van der Waals surface area contributed by atoms with Crippen LogP contribution in [0.5, 0.6) is 5.75 Å². The van der Waals surface area contributed by atoms with Crippen LogP contribution in [0.2, 0.25) is 5.02 Å². The van der Waals surface area contributed by atoms with Crippen LogP contribution in [0, 0.1) is 0 Å². The number of carbonyl (C=O) groups is 2. The summed E-state index contributed by atoms with van der Waals surface area (Å²) in [6.45, 7) is 3.69. The van der Waals surface area contributed by atoms with E-state index in [0.29, 0.717) is 22.8 Å². The largest absolute Gasteiger partial charge is 0.496 e. The number of aromatic nitrogens is 1. The average molecular weight is 426 g/mol. The molecule has 3 rings (SSSR count). The van der Waals surface area contributed by atoms with Gasteiger partial charge in [-0.3, -0.25) is 9.59 Å². The zero-order chi connectivity index (χ0) is 21.7. The quantitative estimate of drug-likeness (QED) is 0.560. The lowest BCUT2D eigenvalue weighted by atomic mass is 10.1. The van der Waals surface area contributed by atoms with Crippen molar-refractivity contribution in [2.75, 3.05) is 12.4 Å². The molecule has 1 aromatic heterocycles. The molecule has 2 amide bonds. The van der Waals surface area contributed by atoms with Gasteiger partial charge in [0.2, 0.25) is 5.91 Å². The third-order valence-corrected chi connectivity index (χ3v) is 5.06. The Morgan fingerprint density at radius 2 is 1.80 bits per heavy atom. The highest BCUT2D eigenvalue weighted by atomic mass is 35.5. The van der Waals surface area contributed by atoms with Crippen molar-refractivity contribution in [3.8, 4) is 11.4 Å². The molecule has 7 heteroatoms. The topological polar surface area (TPSA) is 72.4 Å². The summed E-state index contributed by atoms with van der Waals surface area (Å²) in [4.78, 5) is 24.4. The second-order valence-corrected chi connectivity index (χ2v) is 7.22. The summed E-state index contributed by atoms with van der Waals surface area (Å²) in [5, 5.41) is 6.22. The molecule has 0 bridgehead atoms. The third-order valence-electron chi connectivity index (χ3n) is 4.76. The number of benzene rings is 2. The van der Waals surface area contributed by atoms with E-state index in [9.17, 15) is 9.59 Å². The fourth-order valence-electron chi connectivity index (χ4n) is 3.04. The van der Waals surface area contributed by atoms with Crippen molar-refractivity contribution in [1.29, 1.82) is 0 Å². The lowest BCUT2D eigenvalue weighted by molar-refractivity contribution is -0.115. The van der Waals surface area contributed by atoms with E-state index in [0.717, 1.165) is 16.9 Å². The first-order chi connectivity index (χ1) is 14.4. The third kappa shape index (κ3) is 4.83. The van der Waals surface area contributed by atoms with Crippen LogP contribution in [0.15, 0.2) is 60.9 Å². The number of hydrogen-bond acceptors (Lipinski definition) is 3. The van der Waals surface area contributed by atoms with Crippen LogP contribution in [0.25, 0.3) is 5.69 Å². The second-order valence-electron chi connectivity index (χ2n) is 6.81. The van der Waals surface area contributed by atoms with Crippen LogP contribution in [0.4, 0.5) is 5.69 Å². The molecule has 2 N–H and O–H groups in total. The summed E-state index contributed by atoms with van der Waals surface area (Å²) in [6.07, 6.45) is 4.16. The molecule has 3 aromatic rings. The van der Waals surface area contributed by atoms with Gasteiger partial charge in [0, 0.05) is 30.6 Å². The molecule has 2 aromatic carbocycles. The maximum atomic E-state index is 12.9. The van der Waals surface area contributed by atoms with Gasteiger partial charge in [0.15, 0.2) is 0 Å². The Morgan fingerprint density at radius 1 is 1.13 bits per heavy atom. The molecule has 0 saturated carbocycles. The van der Waals surface area contributed by atoms with Gasteiger partial charge in [-0.25, -0.2) is 0 Å². The van der Waals surface area contributed by atoms with Gasteiger partial charge in [0.25, 0.3) is 5.91 Å². The fraction of sp³-hybridized carbons (Fsp3) is 0.217. The molecular formula is C23H24ClN3O3. The standard InChI is InChI=1S/C23H24ClN3O3/c1-4-22(28)26-17-9-7-16(8-10-17)15(2)25-23(29)18-13-19(24)20(14-21(18)30-3)27-11-5-6-12-27/h5-15H,4H2,1-3H3,(H,25,29)(H,26,28). The van der Waals surface area contributed by atoms with E-state index in [1.165, 1.54) is 7.11 Å². The Bertz CT molecular complexity index is 1030. The molecule has 1 heterocycles. The van der Waals surface area contributed by atoms with Crippen LogP contribution >= 0.6 is 11.6 Å². The number of ether oxygens (including phenoxy) is 1. The number of amides is 2. The summed E-state index contributed by atoms with van der Waals surface area (Å²) in [5.74, 6) is 0.102. The Balaban J connectivity index is 1.76. The van der Waals surface area contributed by atoms with Crippen LogP contribution in [-0.2, 0) is 4.79 Å². The van der Waals surface area contributed by atoms with Crippen LogP contribution in [0.3, 0.4) is 0 Å². The lowest BCUT2D eigenvalue weighted by Crippen LogP contribution is -2.27. The molecule has 156 valence electrons. The van der Waals surface area contributed by atoms with Crippen molar-refractivity contribution in [1.82, 2.24) is 9.88 Å². The van der Waals surface area contributed by atoms with E-state index in [1.807, 2.05) is 60.3 Å². The fourth-order valence-corrected chi connectivity index (χ4v) is 3.31. The Labute approximate surface area is 180 Å². The molecule has 0 saturated heterocycles. The number of hydrogen-bond donors (Lipinski definition) is 2. The highest BCUT2D eigenvalue weighted by molar-refractivity contribution is 6.33. The van der Waals surface area contributed by atoms with Crippen LogP contribution < -0.4 is 15.4 Å². The maximum Gasteiger partial charge on any atom is 0.255 e. The highest BCUT2D eigenvalue weighted by Crippen LogP contribution is 2.30. The van der Waals surface area contributed by atoms with Crippen molar-refractivity contribution in [2.24, 2.45) is 0 Å². The predicted molar refractivity (Wildman–Crippen MR) is 119 cm³/mol. The van der Waals surface area contributed by atoms with Crippen molar-refractivity contribution in [2.45, 2.75) is 26.3 Å². The maximum absolute atomic E-state index is 12.9. The monoisotopic (exact) mass is 425 g/mol. The summed E-state index contributed by atoms with van der Waals surface area (Å²) < 4.78 is 7.29. The lowest BCUT2D eigenvalue weighted by Gasteiger charge is -2.17.